The van der Waals surface area contributed by atoms with Gasteiger partial charge in [0.15, 0.2) is 0 Å². The number of benzene rings is 2. The molecule has 2 saturated heterocycles. The number of hydrogen-bond donors (Lipinski definition) is 2. The van der Waals surface area contributed by atoms with Crippen molar-refractivity contribution in [3.63, 3.8) is 0 Å². The molecule has 3 aliphatic heterocycles. The number of piperazine rings is 1. The van der Waals surface area contributed by atoms with Gasteiger partial charge in [0, 0.05) is 48.9 Å². The average Bonchev–Trinajstić information content (AvgIpc) is 3.49. The number of hydrogen-bond acceptors (Lipinski definition) is 8. The quantitative estimate of drug-likeness (QED) is 0.481. The maximum absolute atomic E-state index is 11.8. The number of nitriles is 1. The lowest BCUT2D eigenvalue weighted by molar-refractivity contribution is 0.119. The number of carbonyl (C=O) groups is 1. The number of aromatic nitrogens is 2. The average molecular weight is 542 g/mol. The summed E-state index contributed by atoms with van der Waals surface area (Å²) in [6.45, 7) is 6.36. The molecule has 2 atom stereocenters. The summed E-state index contributed by atoms with van der Waals surface area (Å²) in [5, 5.41) is 25.0. The Balaban J connectivity index is 1.34. The van der Waals surface area contributed by atoms with E-state index in [0.717, 1.165) is 49.4 Å². The fourth-order valence-electron chi connectivity index (χ4n) is 6.34. The monoisotopic (exact) mass is 541 g/mol. The van der Waals surface area contributed by atoms with E-state index in [1.165, 1.54) is 26.9 Å². The van der Waals surface area contributed by atoms with Crippen molar-refractivity contribution in [2.45, 2.75) is 51.2 Å². The molecule has 0 radical (unpaired) electrons. The Morgan fingerprint density at radius 3 is 2.80 bits per heavy atom. The Hall–Kier alpha value is -4.10. The fraction of sp³-hybridized carbons (Fsp3) is 0.467. The first-order chi connectivity index (χ1) is 19.5. The van der Waals surface area contributed by atoms with E-state index in [1.807, 2.05) is 0 Å². The first-order valence-electron chi connectivity index (χ1n) is 14.1. The molecule has 3 aromatic rings. The molecular weight excluding hydrogens is 506 g/mol. The summed E-state index contributed by atoms with van der Waals surface area (Å²) >= 11 is 0. The summed E-state index contributed by atoms with van der Waals surface area (Å²) in [4.78, 5) is 27.5. The third-order valence-electron chi connectivity index (χ3n) is 8.39. The number of fused-ring (bicyclic) bond motifs is 2. The first kappa shape index (κ1) is 26.1. The van der Waals surface area contributed by atoms with Crippen molar-refractivity contribution < 1.29 is 14.6 Å². The van der Waals surface area contributed by atoms with E-state index in [1.54, 1.807) is 0 Å². The highest BCUT2D eigenvalue weighted by atomic mass is 16.5. The van der Waals surface area contributed by atoms with Gasteiger partial charge in [-0.3, -0.25) is 0 Å². The van der Waals surface area contributed by atoms with Gasteiger partial charge in [-0.15, -0.1) is 0 Å². The summed E-state index contributed by atoms with van der Waals surface area (Å²) in [5.74, 6) is 0.807. The number of ether oxygens (including phenoxy) is 1. The van der Waals surface area contributed by atoms with Gasteiger partial charge in [0.05, 0.1) is 30.8 Å². The number of amides is 1. The minimum absolute atomic E-state index is 0.140. The van der Waals surface area contributed by atoms with Gasteiger partial charge in [-0.25, -0.2) is 4.79 Å². The molecule has 0 unspecified atom stereocenters. The van der Waals surface area contributed by atoms with Crippen molar-refractivity contribution in [3.05, 3.63) is 53.2 Å². The standard InChI is InChI=1S/C30H35N7O3/c1-20-5-2-6-21-7-3-9-26(27(20)21)35-14-11-24-25(18-35)33-29(40-19-22-8-4-13-32-22)34-28(24)36-15-16-37(30(38)39)23(17-36)10-12-31/h2-3,5-7,9,22-23,32H,4,8,10-11,13-19H2,1H3,(H,38,39)/t22-,23-/m0/s1. The van der Waals surface area contributed by atoms with Crippen LogP contribution in [0.3, 0.4) is 0 Å². The van der Waals surface area contributed by atoms with Crippen LogP contribution < -0.4 is 19.9 Å². The molecule has 2 N–H and O–H groups in total. The molecule has 4 heterocycles. The lowest BCUT2D eigenvalue weighted by Crippen LogP contribution is -2.55. The van der Waals surface area contributed by atoms with Crippen LogP contribution in [0.15, 0.2) is 36.4 Å². The second kappa shape index (κ2) is 11.2. The van der Waals surface area contributed by atoms with Gasteiger partial charge in [0.25, 0.3) is 0 Å². The van der Waals surface area contributed by atoms with Crippen molar-refractivity contribution in [1.29, 1.82) is 5.26 Å². The zero-order valence-corrected chi connectivity index (χ0v) is 22.8. The zero-order valence-electron chi connectivity index (χ0n) is 22.8. The normalized spacial score (nSPS) is 20.9. The van der Waals surface area contributed by atoms with Crippen LogP contribution in [0.5, 0.6) is 6.01 Å². The maximum Gasteiger partial charge on any atom is 0.407 e. The van der Waals surface area contributed by atoms with Gasteiger partial charge in [0.1, 0.15) is 12.4 Å². The Bertz CT molecular complexity index is 1440. The molecule has 1 amide bonds. The van der Waals surface area contributed by atoms with Crippen LogP contribution in [0.4, 0.5) is 16.3 Å². The predicted molar refractivity (Wildman–Crippen MR) is 153 cm³/mol. The van der Waals surface area contributed by atoms with E-state index in [0.29, 0.717) is 38.8 Å². The van der Waals surface area contributed by atoms with E-state index in [9.17, 15) is 15.2 Å². The Morgan fingerprint density at radius 2 is 2.02 bits per heavy atom. The van der Waals surface area contributed by atoms with E-state index in [-0.39, 0.29) is 12.5 Å². The van der Waals surface area contributed by atoms with Crippen LogP contribution in [0.2, 0.25) is 0 Å². The molecule has 10 heteroatoms. The van der Waals surface area contributed by atoms with Crippen molar-refractivity contribution in [3.8, 4) is 12.1 Å². The van der Waals surface area contributed by atoms with Crippen molar-refractivity contribution in [1.82, 2.24) is 20.2 Å². The number of aryl methyl sites for hydroxylation is 1. The molecule has 40 heavy (non-hydrogen) atoms. The van der Waals surface area contributed by atoms with E-state index in [4.69, 9.17) is 14.7 Å². The third kappa shape index (κ3) is 5.09. The molecule has 0 aliphatic carbocycles. The third-order valence-corrected chi connectivity index (χ3v) is 8.39. The highest BCUT2D eigenvalue weighted by molar-refractivity contribution is 5.97. The summed E-state index contributed by atoms with van der Waals surface area (Å²) in [6, 6.07) is 15.2. The minimum atomic E-state index is -0.987. The maximum atomic E-state index is 11.8. The van der Waals surface area contributed by atoms with Gasteiger partial charge >= 0.3 is 12.1 Å². The molecule has 2 aromatic carbocycles. The molecule has 0 saturated carbocycles. The predicted octanol–water partition coefficient (Wildman–Crippen LogP) is 3.71. The van der Waals surface area contributed by atoms with Gasteiger partial charge < -0.3 is 29.9 Å². The fourth-order valence-corrected chi connectivity index (χ4v) is 6.34. The Morgan fingerprint density at radius 1 is 1.18 bits per heavy atom. The van der Waals surface area contributed by atoms with Gasteiger partial charge in [-0.1, -0.05) is 30.3 Å². The molecular formula is C30H35N7O3. The van der Waals surface area contributed by atoms with E-state index < -0.39 is 12.1 Å². The molecule has 10 nitrogen and oxygen atoms in total. The van der Waals surface area contributed by atoms with E-state index >= 15 is 0 Å². The van der Waals surface area contributed by atoms with Crippen molar-refractivity contribution >= 4 is 28.4 Å². The zero-order chi connectivity index (χ0) is 27.6. The summed E-state index contributed by atoms with van der Waals surface area (Å²) in [7, 11) is 0. The second-order valence-corrected chi connectivity index (χ2v) is 10.9. The Labute approximate surface area is 234 Å². The SMILES string of the molecule is Cc1cccc2cccc(N3CCc4c(nc(OC[C@@H]5CCCN5)nc4N4CCN(C(=O)O)[C@@H](CC#N)C4)C3)c12. The first-order valence-corrected chi connectivity index (χ1v) is 14.1. The molecule has 208 valence electrons. The van der Waals surface area contributed by atoms with Gasteiger partial charge in [-0.05, 0) is 49.7 Å². The minimum Gasteiger partial charge on any atom is -0.465 e. The molecule has 3 aliphatic rings. The van der Waals surface area contributed by atoms with Crippen LogP contribution in [0, 0.1) is 18.3 Å². The van der Waals surface area contributed by atoms with Crippen molar-refractivity contribution in [2.24, 2.45) is 0 Å². The summed E-state index contributed by atoms with van der Waals surface area (Å²) in [5.41, 5.74) is 4.46. The number of nitrogens with zero attached hydrogens (tertiary/aromatic N) is 6. The second-order valence-electron chi connectivity index (χ2n) is 10.9. The number of anilines is 2. The smallest absolute Gasteiger partial charge is 0.407 e. The number of nitrogens with one attached hydrogen (secondary N) is 1. The Kier molecular flexibility index (Phi) is 7.30. The van der Waals surface area contributed by atoms with Crippen LogP contribution in [0.25, 0.3) is 10.8 Å². The van der Waals surface area contributed by atoms with Crippen LogP contribution in [-0.4, -0.2) is 77.5 Å². The lowest BCUT2D eigenvalue weighted by atomic mass is 9.99. The largest absolute Gasteiger partial charge is 0.465 e. The molecule has 6 rings (SSSR count). The van der Waals surface area contributed by atoms with Gasteiger partial charge in [0.2, 0.25) is 0 Å². The summed E-state index contributed by atoms with van der Waals surface area (Å²) in [6.07, 6.45) is 2.12. The van der Waals surface area contributed by atoms with Gasteiger partial charge in [-0.2, -0.15) is 15.2 Å². The topological polar surface area (TPSA) is 118 Å². The molecule has 0 bridgehead atoms. The molecule has 0 spiro atoms. The van der Waals surface area contributed by atoms with E-state index in [2.05, 4.69) is 64.5 Å². The molecule has 1 aromatic heterocycles. The number of carboxylic acid groups (broad SMARTS) is 1. The highest BCUT2D eigenvalue weighted by Gasteiger charge is 2.34. The molecule has 2 fully saturated rings. The van der Waals surface area contributed by atoms with Crippen molar-refractivity contribution in [2.75, 3.05) is 49.1 Å². The lowest BCUT2D eigenvalue weighted by Gasteiger charge is -2.41. The summed E-state index contributed by atoms with van der Waals surface area (Å²) < 4.78 is 6.16. The number of rotatable bonds is 6. The van der Waals surface area contributed by atoms with Crippen LogP contribution in [0.1, 0.15) is 36.1 Å². The van der Waals surface area contributed by atoms with Crippen LogP contribution >= 0.6 is 0 Å². The highest BCUT2D eigenvalue weighted by Crippen LogP contribution is 2.36. The van der Waals surface area contributed by atoms with Crippen LogP contribution in [-0.2, 0) is 13.0 Å².